The minimum absolute atomic E-state index is 0.00501. The molecule has 1 heterocycles. The number of urea groups is 1. The topological polar surface area (TPSA) is 70.1 Å². The second-order valence-corrected chi connectivity index (χ2v) is 4.79. The predicted molar refractivity (Wildman–Crippen MR) is 66.9 cm³/mol. The summed E-state index contributed by atoms with van der Waals surface area (Å²) in [4.78, 5) is 24.2. The zero-order valence-electron chi connectivity index (χ0n) is 11.7. The van der Waals surface area contributed by atoms with Gasteiger partial charge in [0, 0.05) is 19.7 Å². The van der Waals surface area contributed by atoms with Crippen molar-refractivity contribution in [1.29, 1.82) is 0 Å². The lowest BCUT2D eigenvalue weighted by Gasteiger charge is -2.35. The second-order valence-electron chi connectivity index (χ2n) is 4.79. The number of hydrogen-bond donors (Lipinski definition) is 1. The van der Waals surface area contributed by atoms with Crippen LogP contribution in [0, 0.1) is 0 Å². The number of carboxylic acid groups (broad SMARTS) is 1. The Balaban J connectivity index is 2.62. The van der Waals surface area contributed by atoms with Crippen LogP contribution < -0.4 is 0 Å². The van der Waals surface area contributed by atoms with Crippen LogP contribution in [0.15, 0.2) is 0 Å². The average Bonchev–Trinajstić information content (AvgIpc) is 2.36. The number of nitrogens with zero attached hydrogens (tertiary/aromatic N) is 2. The quantitative estimate of drug-likeness (QED) is 0.836. The summed E-state index contributed by atoms with van der Waals surface area (Å²) in [6, 6.07) is -0.898. The van der Waals surface area contributed by atoms with E-state index in [4.69, 9.17) is 9.84 Å². The summed E-state index contributed by atoms with van der Waals surface area (Å²) in [5.41, 5.74) is 0. The highest BCUT2D eigenvalue weighted by Gasteiger charge is 2.36. The van der Waals surface area contributed by atoms with E-state index in [1.165, 1.54) is 4.90 Å². The van der Waals surface area contributed by atoms with E-state index in [0.29, 0.717) is 24.3 Å². The lowest BCUT2D eigenvalue weighted by atomic mass is 10.1. The first-order valence-corrected chi connectivity index (χ1v) is 6.67. The Hall–Kier alpha value is -1.51. The van der Waals surface area contributed by atoms with E-state index in [9.17, 15) is 22.8 Å². The van der Waals surface area contributed by atoms with E-state index in [-0.39, 0.29) is 19.2 Å². The maximum atomic E-state index is 12.4. The molecule has 6 nitrogen and oxygen atoms in total. The fraction of sp³-hybridized carbons (Fsp3) is 0.833. The SMILES string of the molecule is CCOC1CCN(C(=O)N(CC(=O)O)CC(F)(F)F)CC1. The van der Waals surface area contributed by atoms with Crippen molar-refractivity contribution in [1.82, 2.24) is 9.80 Å². The monoisotopic (exact) mass is 312 g/mol. The summed E-state index contributed by atoms with van der Waals surface area (Å²) >= 11 is 0. The minimum atomic E-state index is -4.63. The van der Waals surface area contributed by atoms with E-state index in [0.717, 1.165) is 0 Å². The molecule has 0 spiro atoms. The molecular formula is C12H19F3N2O4. The smallest absolute Gasteiger partial charge is 0.406 e. The van der Waals surface area contributed by atoms with Crippen molar-refractivity contribution in [2.24, 2.45) is 0 Å². The largest absolute Gasteiger partial charge is 0.480 e. The molecule has 0 bridgehead atoms. The molecule has 1 fully saturated rings. The standard InChI is InChI=1S/C12H19F3N2O4/c1-2-21-9-3-5-16(6-4-9)11(20)17(7-10(18)19)8-12(13,14)15/h9H,2-8H2,1H3,(H,18,19). The Morgan fingerprint density at radius 2 is 1.90 bits per heavy atom. The molecule has 9 heteroatoms. The summed E-state index contributed by atoms with van der Waals surface area (Å²) in [6.07, 6.45) is -3.57. The molecule has 1 rings (SSSR count). The summed E-state index contributed by atoms with van der Waals surface area (Å²) in [6.45, 7) is 0.371. The third kappa shape index (κ3) is 6.19. The van der Waals surface area contributed by atoms with Crippen LogP contribution in [0.4, 0.5) is 18.0 Å². The number of alkyl halides is 3. The highest BCUT2D eigenvalue weighted by Crippen LogP contribution is 2.20. The van der Waals surface area contributed by atoms with Crippen LogP contribution in [0.1, 0.15) is 19.8 Å². The lowest BCUT2D eigenvalue weighted by molar-refractivity contribution is -0.150. The number of rotatable bonds is 5. The second kappa shape index (κ2) is 7.48. The van der Waals surface area contributed by atoms with Gasteiger partial charge in [-0.05, 0) is 19.8 Å². The van der Waals surface area contributed by atoms with Gasteiger partial charge in [0.15, 0.2) is 0 Å². The van der Waals surface area contributed by atoms with Crippen LogP contribution in [0.25, 0.3) is 0 Å². The number of amides is 2. The summed E-state index contributed by atoms with van der Waals surface area (Å²) in [7, 11) is 0. The number of piperidine rings is 1. The number of likely N-dealkylation sites (tertiary alicyclic amines) is 1. The molecular weight excluding hydrogens is 293 g/mol. The summed E-state index contributed by atoms with van der Waals surface area (Å²) in [5, 5.41) is 8.64. The van der Waals surface area contributed by atoms with Gasteiger partial charge in [0.1, 0.15) is 13.1 Å². The fourth-order valence-corrected chi connectivity index (χ4v) is 2.22. The van der Waals surface area contributed by atoms with Gasteiger partial charge < -0.3 is 19.6 Å². The molecule has 0 aromatic heterocycles. The van der Waals surface area contributed by atoms with Crippen molar-refractivity contribution in [3.63, 3.8) is 0 Å². The zero-order valence-corrected chi connectivity index (χ0v) is 11.7. The fourth-order valence-electron chi connectivity index (χ4n) is 2.22. The number of carbonyl (C=O) groups excluding carboxylic acids is 1. The third-order valence-electron chi connectivity index (χ3n) is 3.08. The normalized spacial score (nSPS) is 16.9. The number of halogens is 3. The first-order chi connectivity index (χ1) is 9.73. The highest BCUT2D eigenvalue weighted by molar-refractivity contribution is 5.80. The van der Waals surface area contributed by atoms with Crippen molar-refractivity contribution >= 4 is 12.0 Å². The molecule has 0 aromatic carbocycles. The van der Waals surface area contributed by atoms with Gasteiger partial charge in [-0.25, -0.2) is 4.79 Å². The minimum Gasteiger partial charge on any atom is -0.480 e. The van der Waals surface area contributed by atoms with E-state index in [2.05, 4.69) is 0 Å². The van der Waals surface area contributed by atoms with Gasteiger partial charge in [-0.2, -0.15) is 13.2 Å². The number of ether oxygens (including phenoxy) is 1. The molecule has 1 N–H and O–H groups in total. The summed E-state index contributed by atoms with van der Waals surface area (Å²) < 4.78 is 42.7. The average molecular weight is 312 g/mol. The van der Waals surface area contributed by atoms with Crippen molar-refractivity contribution in [2.75, 3.05) is 32.8 Å². The summed E-state index contributed by atoms with van der Waals surface area (Å²) in [5.74, 6) is -1.48. The number of hydrogen-bond acceptors (Lipinski definition) is 3. The van der Waals surface area contributed by atoms with Crippen LogP contribution in [-0.2, 0) is 9.53 Å². The molecule has 21 heavy (non-hydrogen) atoms. The van der Waals surface area contributed by atoms with Crippen LogP contribution in [-0.4, -0.2) is 72.0 Å². The van der Waals surface area contributed by atoms with Crippen molar-refractivity contribution < 1.29 is 32.6 Å². The van der Waals surface area contributed by atoms with E-state index in [1.54, 1.807) is 0 Å². The molecule has 0 unspecified atom stereocenters. The molecule has 1 aliphatic rings. The maximum absolute atomic E-state index is 12.4. The van der Waals surface area contributed by atoms with Gasteiger partial charge in [-0.3, -0.25) is 4.79 Å². The van der Waals surface area contributed by atoms with E-state index < -0.39 is 31.3 Å². The molecule has 2 amide bonds. The van der Waals surface area contributed by atoms with Gasteiger partial charge in [-0.15, -0.1) is 0 Å². The van der Waals surface area contributed by atoms with Gasteiger partial charge >= 0.3 is 18.2 Å². The van der Waals surface area contributed by atoms with Gasteiger partial charge in [0.05, 0.1) is 6.10 Å². The molecule has 0 atom stereocenters. The Morgan fingerprint density at radius 1 is 1.33 bits per heavy atom. The molecule has 0 radical (unpaired) electrons. The van der Waals surface area contributed by atoms with Crippen LogP contribution in [0.2, 0.25) is 0 Å². The Bertz CT molecular complexity index is 368. The molecule has 1 saturated heterocycles. The Morgan fingerprint density at radius 3 is 2.33 bits per heavy atom. The van der Waals surface area contributed by atoms with Crippen LogP contribution in [0.3, 0.4) is 0 Å². The molecule has 0 aromatic rings. The van der Waals surface area contributed by atoms with E-state index >= 15 is 0 Å². The van der Waals surface area contributed by atoms with Gasteiger partial charge in [0.2, 0.25) is 0 Å². The van der Waals surface area contributed by atoms with E-state index in [1.807, 2.05) is 6.92 Å². The molecule has 0 aliphatic carbocycles. The van der Waals surface area contributed by atoms with Crippen LogP contribution >= 0.6 is 0 Å². The molecule has 0 saturated carbocycles. The highest BCUT2D eigenvalue weighted by atomic mass is 19.4. The maximum Gasteiger partial charge on any atom is 0.406 e. The molecule has 122 valence electrons. The predicted octanol–water partition coefficient (Wildman–Crippen LogP) is 1.56. The van der Waals surface area contributed by atoms with Gasteiger partial charge in [-0.1, -0.05) is 0 Å². The first-order valence-electron chi connectivity index (χ1n) is 6.67. The number of aliphatic carboxylic acids is 1. The first kappa shape index (κ1) is 17.5. The molecule has 1 aliphatic heterocycles. The van der Waals surface area contributed by atoms with Crippen molar-refractivity contribution in [3.8, 4) is 0 Å². The third-order valence-corrected chi connectivity index (χ3v) is 3.08. The zero-order chi connectivity index (χ0) is 16.0. The van der Waals surface area contributed by atoms with Crippen LogP contribution in [0.5, 0.6) is 0 Å². The van der Waals surface area contributed by atoms with Gasteiger partial charge in [0.25, 0.3) is 0 Å². The number of carbonyl (C=O) groups is 2. The number of carboxylic acids is 1. The Kier molecular flexibility index (Phi) is 6.25. The van der Waals surface area contributed by atoms with Crippen molar-refractivity contribution in [3.05, 3.63) is 0 Å². The Labute approximate surface area is 120 Å². The van der Waals surface area contributed by atoms with Crippen molar-refractivity contribution in [2.45, 2.75) is 32.0 Å². The lowest BCUT2D eigenvalue weighted by Crippen LogP contribution is -2.51.